The molecule has 4 nitrogen and oxygen atoms in total. The molecule has 4 heteroatoms. The number of benzene rings is 2. The molecule has 2 aromatic carbocycles. The lowest BCUT2D eigenvalue weighted by Gasteiger charge is -2.08. The minimum atomic E-state index is -0.464. The molecule has 86 valence electrons. The van der Waals surface area contributed by atoms with Gasteiger partial charge in [0.05, 0.1) is 23.3 Å². The maximum atomic E-state index is 11.0. The Morgan fingerprint density at radius 2 is 1.78 bits per heavy atom. The highest BCUT2D eigenvalue weighted by atomic mass is 16.5. The first-order valence-corrected chi connectivity index (χ1v) is 5.21. The van der Waals surface area contributed by atoms with E-state index in [2.05, 4.69) is 6.07 Å². The van der Waals surface area contributed by atoms with Crippen LogP contribution in [0.4, 0.5) is 0 Å². The second kappa shape index (κ2) is 4.57. The predicted octanol–water partition coefficient (Wildman–Crippen LogP) is 2.51. The summed E-state index contributed by atoms with van der Waals surface area (Å²) in [7, 11) is 0. The first-order chi connectivity index (χ1) is 8.67. The Bertz CT molecular complexity index is 721. The van der Waals surface area contributed by atoms with Crippen LogP contribution >= 0.6 is 0 Å². The normalized spacial score (nSPS) is 9.50. The summed E-state index contributed by atoms with van der Waals surface area (Å²) < 4.78 is 5.07. The van der Waals surface area contributed by atoms with Gasteiger partial charge in [-0.1, -0.05) is 12.1 Å². The number of hydrogen-bond donors (Lipinski definition) is 0. The van der Waals surface area contributed by atoms with Crippen molar-refractivity contribution in [2.75, 3.05) is 0 Å². The quantitative estimate of drug-likeness (QED) is 0.563. The molecule has 0 heterocycles. The molecule has 0 radical (unpaired) electrons. The summed E-state index contributed by atoms with van der Waals surface area (Å²) in [6.45, 7) is 1.29. The van der Waals surface area contributed by atoms with Crippen LogP contribution in [-0.2, 0) is 4.79 Å². The smallest absolute Gasteiger partial charge is 0.308 e. The summed E-state index contributed by atoms with van der Waals surface area (Å²) in [5, 5.41) is 19.2. The standard InChI is InChI=1S/C14H8N2O2/c1-9(17)18-13-4-2-3-12-10(7-15)5-6-11(8-16)14(12)13/h2-6H,1H3. The van der Waals surface area contributed by atoms with Crippen molar-refractivity contribution < 1.29 is 9.53 Å². The third-order valence-corrected chi connectivity index (χ3v) is 2.50. The lowest BCUT2D eigenvalue weighted by Crippen LogP contribution is -2.02. The Kier molecular flexibility index (Phi) is 2.95. The Morgan fingerprint density at radius 1 is 1.11 bits per heavy atom. The zero-order valence-corrected chi connectivity index (χ0v) is 9.60. The molecule has 2 aromatic rings. The van der Waals surface area contributed by atoms with Crippen molar-refractivity contribution in [1.82, 2.24) is 0 Å². The van der Waals surface area contributed by atoms with Crippen molar-refractivity contribution in [2.45, 2.75) is 6.92 Å². The predicted molar refractivity (Wildman–Crippen MR) is 64.7 cm³/mol. The van der Waals surface area contributed by atoms with E-state index in [-0.39, 0.29) is 0 Å². The third-order valence-electron chi connectivity index (χ3n) is 2.50. The topological polar surface area (TPSA) is 73.9 Å². The fourth-order valence-electron chi connectivity index (χ4n) is 1.80. The number of esters is 1. The van der Waals surface area contributed by atoms with Crippen molar-refractivity contribution >= 4 is 16.7 Å². The molecule has 0 aliphatic carbocycles. The monoisotopic (exact) mass is 236 g/mol. The summed E-state index contributed by atoms with van der Waals surface area (Å²) in [5.74, 6) is -0.164. The Morgan fingerprint density at radius 3 is 2.39 bits per heavy atom. The molecule has 18 heavy (non-hydrogen) atoms. The second-order valence-corrected chi connectivity index (χ2v) is 3.66. The SMILES string of the molecule is CC(=O)Oc1cccc2c(C#N)ccc(C#N)c12. The van der Waals surface area contributed by atoms with Gasteiger partial charge in [0, 0.05) is 17.7 Å². The average Bonchev–Trinajstić information content (AvgIpc) is 2.37. The number of ether oxygens (including phenoxy) is 1. The minimum absolute atomic E-state index is 0.300. The van der Waals surface area contributed by atoms with Crippen LogP contribution in [0.15, 0.2) is 30.3 Å². The van der Waals surface area contributed by atoms with Gasteiger partial charge in [0.2, 0.25) is 0 Å². The lowest BCUT2D eigenvalue weighted by molar-refractivity contribution is -0.131. The minimum Gasteiger partial charge on any atom is -0.426 e. The van der Waals surface area contributed by atoms with Gasteiger partial charge in [0.25, 0.3) is 0 Å². The zero-order valence-electron chi connectivity index (χ0n) is 9.60. The molecule has 0 saturated carbocycles. The van der Waals surface area contributed by atoms with Crippen molar-refractivity contribution in [3.63, 3.8) is 0 Å². The summed E-state index contributed by atoms with van der Waals surface area (Å²) in [5.41, 5.74) is 0.818. The summed E-state index contributed by atoms with van der Waals surface area (Å²) in [4.78, 5) is 11.0. The van der Waals surface area contributed by atoms with Crippen LogP contribution in [0, 0.1) is 22.7 Å². The summed E-state index contributed by atoms with van der Waals surface area (Å²) >= 11 is 0. The molecule has 0 aromatic heterocycles. The van der Waals surface area contributed by atoms with Gasteiger partial charge in [-0.15, -0.1) is 0 Å². The molecular formula is C14H8N2O2. The number of carbonyl (C=O) groups excluding carboxylic acids is 1. The van der Waals surface area contributed by atoms with Crippen LogP contribution in [0.5, 0.6) is 5.75 Å². The van der Waals surface area contributed by atoms with Crippen LogP contribution in [0.1, 0.15) is 18.1 Å². The van der Waals surface area contributed by atoms with E-state index in [1.165, 1.54) is 6.92 Å². The van der Waals surface area contributed by atoms with Crippen molar-refractivity contribution in [1.29, 1.82) is 10.5 Å². The van der Waals surface area contributed by atoms with E-state index in [9.17, 15) is 4.79 Å². The Labute approximate surface area is 104 Å². The number of fused-ring (bicyclic) bond motifs is 1. The maximum Gasteiger partial charge on any atom is 0.308 e. The molecule has 0 bridgehead atoms. The van der Waals surface area contributed by atoms with Crippen LogP contribution in [0.2, 0.25) is 0 Å². The van der Waals surface area contributed by atoms with Gasteiger partial charge in [0.1, 0.15) is 5.75 Å². The van der Waals surface area contributed by atoms with Crippen molar-refractivity contribution in [2.24, 2.45) is 0 Å². The average molecular weight is 236 g/mol. The van der Waals surface area contributed by atoms with E-state index in [1.807, 2.05) is 6.07 Å². The van der Waals surface area contributed by atoms with E-state index in [0.29, 0.717) is 27.6 Å². The largest absolute Gasteiger partial charge is 0.426 e. The van der Waals surface area contributed by atoms with Gasteiger partial charge < -0.3 is 4.74 Å². The first kappa shape index (κ1) is 11.6. The second-order valence-electron chi connectivity index (χ2n) is 3.66. The number of hydrogen-bond acceptors (Lipinski definition) is 4. The van der Waals surface area contributed by atoms with Crippen LogP contribution in [0.25, 0.3) is 10.8 Å². The molecule has 2 rings (SSSR count). The summed E-state index contributed by atoms with van der Waals surface area (Å²) in [6.07, 6.45) is 0. The van der Waals surface area contributed by atoms with Gasteiger partial charge in [-0.2, -0.15) is 10.5 Å². The highest BCUT2D eigenvalue weighted by Gasteiger charge is 2.12. The molecule has 0 fully saturated rings. The molecule has 0 unspecified atom stereocenters. The van der Waals surface area contributed by atoms with Gasteiger partial charge in [-0.25, -0.2) is 0 Å². The fraction of sp³-hybridized carbons (Fsp3) is 0.0714. The molecule has 0 N–H and O–H groups in total. The van der Waals surface area contributed by atoms with E-state index in [1.54, 1.807) is 30.3 Å². The maximum absolute atomic E-state index is 11.0. The Balaban J connectivity index is 2.86. The van der Waals surface area contributed by atoms with Gasteiger partial charge in [0.15, 0.2) is 0 Å². The van der Waals surface area contributed by atoms with Crippen LogP contribution in [0.3, 0.4) is 0 Å². The van der Waals surface area contributed by atoms with Gasteiger partial charge in [-0.3, -0.25) is 4.79 Å². The van der Waals surface area contributed by atoms with Crippen LogP contribution in [-0.4, -0.2) is 5.97 Å². The highest BCUT2D eigenvalue weighted by Crippen LogP contribution is 2.31. The highest BCUT2D eigenvalue weighted by molar-refractivity contribution is 5.97. The summed E-state index contributed by atoms with van der Waals surface area (Å²) in [6, 6.07) is 12.2. The van der Waals surface area contributed by atoms with Crippen LogP contribution < -0.4 is 4.74 Å². The number of carbonyl (C=O) groups is 1. The van der Waals surface area contributed by atoms with E-state index in [4.69, 9.17) is 15.3 Å². The molecule has 0 amide bonds. The number of rotatable bonds is 1. The molecular weight excluding hydrogens is 228 g/mol. The third kappa shape index (κ3) is 1.88. The number of nitriles is 2. The first-order valence-electron chi connectivity index (χ1n) is 5.21. The molecule has 0 aliphatic heterocycles. The molecule has 0 saturated heterocycles. The van der Waals surface area contributed by atoms with Gasteiger partial charge in [-0.05, 0) is 18.2 Å². The molecule has 0 spiro atoms. The van der Waals surface area contributed by atoms with E-state index in [0.717, 1.165) is 0 Å². The van der Waals surface area contributed by atoms with Crippen molar-refractivity contribution in [3.8, 4) is 17.9 Å². The van der Waals surface area contributed by atoms with E-state index >= 15 is 0 Å². The van der Waals surface area contributed by atoms with Gasteiger partial charge >= 0.3 is 5.97 Å². The molecule has 0 atom stereocenters. The number of nitrogens with zero attached hydrogens (tertiary/aromatic N) is 2. The Hall–Kier alpha value is -2.85. The fourth-order valence-corrected chi connectivity index (χ4v) is 1.80. The lowest BCUT2D eigenvalue weighted by atomic mass is 10.00. The van der Waals surface area contributed by atoms with Crippen molar-refractivity contribution in [3.05, 3.63) is 41.5 Å². The van der Waals surface area contributed by atoms with E-state index < -0.39 is 5.97 Å². The molecule has 0 aliphatic rings. The zero-order chi connectivity index (χ0) is 13.1.